The lowest BCUT2D eigenvalue weighted by Crippen LogP contribution is -2.18. The van der Waals surface area contributed by atoms with E-state index in [-0.39, 0.29) is 5.41 Å². The Bertz CT molecular complexity index is 431. The Morgan fingerprint density at radius 3 is 2.71 bits per heavy atom. The zero-order chi connectivity index (χ0) is 12.1. The molecule has 0 heterocycles. The molecule has 0 amide bonds. The molecular weight excluding hydrogens is 208 g/mol. The van der Waals surface area contributed by atoms with Crippen molar-refractivity contribution < 1.29 is 5.11 Å². The van der Waals surface area contributed by atoms with Gasteiger partial charge >= 0.3 is 0 Å². The predicted molar refractivity (Wildman–Crippen MR) is 72.0 cm³/mol. The van der Waals surface area contributed by atoms with Gasteiger partial charge in [0.05, 0.1) is 0 Å². The van der Waals surface area contributed by atoms with Crippen LogP contribution in [0.15, 0.2) is 48.6 Å². The first-order valence-electron chi connectivity index (χ1n) is 6.37. The van der Waals surface area contributed by atoms with Crippen molar-refractivity contribution in [2.24, 2.45) is 5.41 Å². The predicted octanol–water partition coefficient (Wildman–Crippen LogP) is 4.24. The van der Waals surface area contributed by atoms with Gasteiger partial charge in [0.2, 0.25) is 0 Å². The topological polar surface area (TPSA) is 20.2 Å². The van der Waals surface area contributed by atoms with Gasteiger partial charge in [-0.2, -0.15) is 0 Å². The fourth-order valence-corrected chi connectivity index (χ4v) is 2.44. The molecule has 1 atom stereocenters. The molecule has 1 aromatic carbocycles. The van der Waals surface area contributed by atoms with Gasteiger partial charge in [-0.1, -0.05) is 49.4 Å². The number of para-hydroxylation sites is 1. The molecule has 0 saturated carbocycles. The molecule has 1 aliphatic carbocycles. The number of rotatable bonds is 4. The Balaban J connectivity index is 2.04. The maximum absolute atomic E-state index is 9.76. The largest absolute Gasteiger partial charge is 0.508 e. The van der Waals surface area contributed by atoms with E-state index in [1.165, 1.54) is 0 Å². The molecule has 0 aliphatic heterocycles. The second-order valence-electron chi connectivity index (χ2n) is 4.84. The van der Waals surface area contributed by atoms with E-state index in [2.05, 4.69) is 31.2 Å². The van der Waals surface area contributed by atoms with E-state index in [9.17, 15) is 5.11 Å². The van der Waals surface area contributed by atoms with Crippen LogP contribution in [0.4, 0.5) is 0 Å². The summed E-state index contributed by atoms with van der Waals surface area (Å²) in [5.41, 5.74) is 1.35. The summed E-state index contributed by atoms with van der Waals surface area (Å²) < 4.78 is 0. The van der Waals surface area contributed by atoms with Crippen molar-refractivity contribution in [3.05, 3.63) is 54.1 Å². The van der Waals surface area contributed by atoms with Crippen LogP contribution in [0.25, 0.3) is 0 Å². The van der Waals surface area contributed by atoms with Gasteiger partial charge in [0, 0.05) is 0 Å². The first-order chi connectivity index (χ1) is 8.26. The number of benzene rings is 1. The van der Waals surface area contributed by atoms with Gasteiger partial charge in [-0.25, -0.2) is 0 Å². The quantitative estimate of drug-likeness (QED) is 0.817. The smallest absolute Gasteiger partial charge is 0.118 e. The molecule has 0 aromatic heterocycles. The molecule has 2 rings (SSSR count). The number of hydrogen-bond donors (Lipinski definition) is 1. The normalized spacial score (nSPS) is 22.9. The van der Waals surface area contributed by atoms with Crippen molar-refractivity contribution in [3.8, 4) is 5.75 Å². The Morgan fingerprint density at radius 1 is 1.24 bits per heavy atom. The van der Waals surface area contributed by atoms with Gasteiger partial charge in [-0.15, -0.1) is 0 Å². The Morgan fingerprint density at radius 2 is 2.06 bits per heavy atom. The molecule has 17 heavy (non-hydrogen) atoms. The average molecular weight is 228 g/mol. The van der Waals surface area contributed by atoms with Gasteiger partial charge < -0.3 is 5.11 Å². The van der Waals surface area contributed by atoms with Crippen LogP contribution in [-0.4, -0.2) is 5.11 Å². The lowest BCUT2D eigenvalue weighted by molar-refractivity contribution is 0.336. The van der Waals surface area contributed by atoms with Crippen LogP contribution in [-0.2, 0) is 6.42 Å². The number of aryl methyl sites for hydroxylation is 1. The summed E-state index contributed by atoms with van der Waals surface area (Å²) in [4.78, 5) is 0. The molecular formula is C16H20O. The van der Waals surface area contributed by atoms with E-state index in [1.807, 2.05) is 18.2 Å². The van der Waals surface area contributed by atoms with Gasteiger partial charge in [0.15, 0.2) is 0 Å². The zero-order valence-corrected chi connectivity index (χ0v) is 10.4. The summed E-state index contributed by atoms with van der Waals surface area (Å²) in [7, 11) is 0. The summed E-state index contributed by atoms with van der Waals surface area (Å²) in [6.45, 7) is 2.24. The van der Waals surface area contributed by atoms with Crippen LogP contribution in [0, 0.1) is 5.41 Å². The van der Waals surface area contributed by atoms with E-state index in [4.69, 9.17) is 0 Å². The maximum atomic E-state index is 9.76. The molecule has 0 radical (unpaired) electrons. The summed E-state index contributed by atoms with van der Waals surface area (Å²) in [6, 6.07) is 7.65. The SMILES string of the molecule is CCC1(CCc2ccccc2O)C=CC=CC1. The fraction of sp³-hybridized carbons (Fsp3) is 0.375. The third kappa shape index (κ3) is 2.79. The highest BCUT2D eigenvalue weighted by Gasteiger charge is 2.24. The minimum atomic E-state index is 0.289. The third-order valence-corrected chi connectivity index (χ3v) is 3.81. The number of phenols is 1. The van der Waals surface area contributed by atoms with Crippen LogP contribution in [0.5, 0.6) is 5.75 Å². The number of hydrogen-bond acceptors (Lipinski definition) is 1. The van der Waals surface area contributed by atoms with E-state index in [0.717, 1.165) is 31.2 Å². The fourth-order valence-electron chi connectivity index (χ4n) is 2.44. The van der Waals surface area contributed by atoms with Crippen molar-refractivity contribution in [1.29, 1.82) is 0 Å². The Labute approximate surface area is 103 Å². The summed E-state index contributed by atoms with van der Waals surface area (Å²) in [5.74, 6) is 0.425. The molecule has 0 saturated heterocycles. The van der Waals surface area contributed by atoms with Crippen molar-refractivity contribution >= 4 is 0 Å². The van der Waals surface area contributed by atoms with Crippen molar-refractivity contribution in [2.45, 2.75) is 32.6 Å². The van der Waals surface area contributed by atoms with E-state index < -0.39 is 0 Å². The highest BCUT2D eigenvalue weighted by atomic mass is 16.3. The molecule has 1 heteroatoms. The van der Waals surface area contributed by atoms with Crippen LogP contribution in [0.3, 0.4) is 0 Å². The Kier molecular flexibility index (Phi) is 3.68. The second kappa shape index (κ2) is 5.22. The van der Waals surface area contributed by atoms with E-state index in [1.54, 1.807) is 6.07 Å². The van der Waals surface area contributed by atoms with Crippen LogP contribution in [0.2, 0.25) is 0 Å². The van der Waals surface area contributed by atoms with Gasteiger partial charge in [-0.3, -0.25) is 0 Å². The average Bonchev–Trinajstić information content (AvgIpc) is 2.39. The number of aromatic hydroxyl groups is 1. The Hall–Kier alpha value is -1.50. The van der Waals surface area contributed by atoms with E-state index in [0.29, 0.717) is 5.75 Å². The highest BCUT2D eigenvalue weighted by Crippen LogP contribution is 2.37. The molecule has 1 nitrogen and oxygen atoms in total. The van der Waals surface area contributed by atoms with Crippen LogP contribution >= 0.6 is 0 Å². The molecule has 90 valence electrons. The summed E-state index contributed by atoms with van der Waals surface area (Å²) in [5, 5.41) is 9.76. The lowest BCUT2D eigenvalue weighted by atomic mass is 9.75. The molecule has 1 N–H and O–H groups in total. The van der Waals surface area contributed by atoms with Gasteiger partial charge in [0.1, 0.15) is 5.75 Å². The highest BCUT2D eigenvalue weighted by molar-refractivity contribution is 5.32. The number of phenolic OH excluding ortho intramolecular Hbond substituents is 1. The first-order valence-corrected chi connectivity index (χ1v) is 6.37. The van der Waals surface area contributed by atoms with Crippen LogP contribution in [0.1, 0.15) is 31.7 Å². The molecule has 1 aliphatic rings. The lowest BCUT2D eigenvalue weighted by Gasteiger charge is -2.30. The molecule has 0 bridgehead atoms. The minimum absolute atomic E-state index is 0.289. The number of allylic oxidation sites excluding steroid dienone is 4. The molecule has 0 spiro atoms. The zero-order valence-electron chi connectivity index (χ0n) is 10.4. The second-order valence-corrected chi connectivity index (χ2v) is 4.84. The monoisotopic (exact) mass is 228 g/mol. The van der Waals surface area contributed by atoms with Gasteiger partial charge in [-0.05, 0) is 42.7 Å². The molecule has 1 unspecified atom stereocenters. The van der Waals surface area contributed by atoms with Crippen molar-refractivity contribution in [2.75, 3.05) is 0 Å². The minimum Gasteiger partial charge on any atom is -0.508 e. The first kappa shape index (κ1) is 12.0. The van der Waals surface area contributed by atoms with E-state index >= 15 is 0 Å². The summed E-state index contributed by atoms with van der Waals surface area (Å²) >= 11 is 0. The molecule has 1 aromatic rings. The van der Waals surface area contributed by atoms with Crippen molar-refractivity contribution in [3.63, 3.8) is 0 Å². The maximum Gasteiger partial charge on any atom is 0.118 e. The third-order valence-electron chi connectivity index (χ3n) is 3.81. The van der Waals surface area contributed by atoms with Crippen LogP contribution < -0.4 is 0 Å². The van der Waals surface area contributed by atoms with Gasteiger partial charge in [0.25, 0.3) is 0 Å². The molecule has 0 fully saturated rings. The standard InChI is InChI=1S/C16H20O/c1-2-16(11-6-3-7-12-16)13-10-14-8-4-5-9-15(14)17/h3-9,11,17H,2,10,12-13H2,1H3. The summed E-state index contributed by atoms with van der Waals surface area (Å²) in [6.07, 6.45) is 13.2. The van der Waals surface area contributed by atoms with Crippen molar-refractivity contribution in [1.82, 2.24) is 0 Å².